The minimum atomic E-state index is -4.99. The fraction of sp³-hybridized carbons (Fsp3) is 0.118. The quantitative estimate of drug-likeness (QED) is 0.774. The van der Waals surface area contributed by atoms with E-state index in [1.807, 2.05) is 0 Å². The van der Waals surface area contributed by atoms with Crippen molar-refractivity contribution in [2.45, 2.75) is 13.1 Å². The van der Waals surface area contributed by atoms with E-state index in [1.54, 1.807) is 42.6 Å². The number of amides is 1. The average molecular weight is 347 g/mol. The lowest BCUT2D eigenvalue weighted by Gasteiger charge is -2.13. The van der Waals surface area contributed by atoms with Gasteiger partial charge in [0.15, 0.2) is 0 Å². The van der Waals surface area contributed by atoms with Gasteiger partial charge < -0.3 is 5.32 Å². The molecule has 0 radical (unpaired) electrons. The summed E-state index contributed by atoms with van der Waals surface area (Å²) in [5.41, 5.74) is 0.421. The van der Waals surface area contributed by atoms with Crippen molar-refractivity contribution in [1.29, 1.82) is 0 Å². The van der Waals surface area contributed by atoms with Gasteiger partial charge in [-0.05, 0) is 37.3 Å². The van der Waals surface area contributed by atoms with Crippen LogP contribution >= 0.6 is 0 Å². The van der Waals surface area contributed by atoms with Crippen molar-refractivity contribution in [2.75, 3.05) is 5.32 Å². The lowest BCUT2D eigenvalue weighted by molar-refractivity contribution is -0.167. The number of fused-ring (bicyclic) bond motifs is 1. The van der Waals surface area contributed by atoms with Crippen LogP contribution in [0.2, 0.25) is 0 Å². The van der Waals surface area contributed by atoms with Gasteiger partial charge in [-0.15, -0.1) is 0 Å². The van der Waals surface area contributed by atoms with Crippen molar-refractivity contribution >= 4 is 22.5 Å². The third-order valence-electron chi connectivity index (χ3n) is 3.56. The second kappa shape index (κ2) is 6.04. The molecule has 0 saturated heterocycles. The average Bonchev–Trinajstić information content (AvgIpc) is 2.54. The van der Waals surface area contributed by atoms with Crippen LogP contribution in [0.1, 0.15) is 5.82 Å². The number of carbonyl (C=O) groups is 1. The summed E-state index contributed by atoms with van der Waals surface area (Å²) in [4.78, 5) is 28.1. The Bertz CT molecular complexity index is 1030. The molecular weight excluding hydrogens is 335 g/mol. The molecule has 0 bridgehead atoms. The maximum Gasteiger partial charge on any atom is 0.471 e. The third-order valence-corrected chi connectivity index (χ3v) is 3.56. The summed E-state index contributed by atoms with van der Waals surface area (Å²) in [7, 11) is 0. The van der Waals surface area contributed by atoms with Crippen LogP contribution in [0.25, 0.3) is 16.6 Å². The fourth-order valence-corrected chi connectivity index (χ4v) is 2.47. The van der Waals surface area contributed by atoms with E-state index in [1.165, 1.54) is 22.8 Å². The summed E-state index contributed by atoms with van der Waals surface area (Å²) in [6, 6.07) is 12.4. The number of hydrogen-bond donors (Lipinski definition) is 1. The van der Waals surface area contributed by atoms with Gasteiger partial charge in [0.2, 0.25) is 0 Å². The standard InChI is InChI=1S/C17H12F3N3O2/c1-10-21-14-8-3-2-7-13(14)15(24)23(10)12-6-4-5-11(9-12)22-16(25)17(18,19)20/h2-9H,1H3,(H,22,25). The van der Waals surface area contributed by atoms with Crippen molar-refractivity contribution < 1.29 is 18.0 Å². The van der Waals surface area contributed by atoms with Gasteiger partial charge in [-0.2, -0.15) is 13.2 Å². The Kier molecular flexibility index (Phi) is 4.03. The highest BCUT2D eigenvalue weighted by molar-refractivity contribution is 5.95. The molecule has 25 heavy (non-hydrogen) atoms. The van der Waals surface area contributed by atoms with Gasteiger partial charge in [0.1, 0.15) is 5.82 Å². The smallest absolute Gasteiger partial charge is 0.318 e. The molecular formula is C17H12F3N3O2. The summed E-state index contributed by atoms with van der Waals surface area (Å²) in [5, 5.41) is 2.16. The summed E-state index contributed by atoms with van der Waals surface area (Å²) in [6.45, 7) is 1.62. The van der Waals surface area contributed by atoms with Crippen LogP contribution in [0.4, 0.5) is 18.9 Å². The maximum absolute atomic E-state index is 12.7. The Hall–Kier alpha value is -3.16. The number of alkyl halides is 3. The molecule has 128 valence electrons. The Morgan fingerprint density at radius 2 is 1.84 bits per heavy atom. The van der Waals surface area contributed by atoms with Crippen LogP contribution in [-0.4, -0.2) is 21.6 Å². The molecule has 2 aromatic carbocycles. The first kappa shape index (κ1) is 16.7. The first-order valence-electron chi connectivity index (χ1n) is 7.24. The summed E-state index contributed by atoms with van der Waals surface area (Å²) in [5.74, 6) is -1.70. The van der Waals surface area contributed by atoms with Gasteiger partial charge in [0.25, 0.3) is 5.56 Å². The number of para-hydroxylation sites is 1. The highest BCUT2D eigenvalue weighted by Crippen LogP contribution is 2.20. The molecule has 0 aliphatic heterocycles. The molecule has 1 amide bonds. The van der Waals surface area contributed by atoms with Crippen molar-refractivity contribution in [1.82, 2.24) is 9.55 Å². The van der Waals surface area contributed by atoms with Crippen LogP contribution in [0.5, 0.6) is 0 Å². The minimum Gasteiger partial charge on any atom is -0.318 e. The number of benzene rings is 2. The van der Waals surface area contributed by atoms with Gasteiger partial charge in [-0.1, -0.05) is 18.2 Å². The number of anilines is 1. The number of rotatable bonds is 2. The van der Waals surface area contributed by atoms with E-state index in [2.05, 4.69) is 4.98 Å². The maximum atomic E-state index is 12.7. The molecule has 1 N–H and O–H groups in total. The summed E-state index contributed by atoms with van der Waals surface area (Å²) >= 11 is 0. The van der Waals surface area contributed by atoms with E-state index >= 15 is 0 Å². The topological polar surface area (TPSA) is 64.0 Å². The lowest BCUT2D eigenvalue weighted by atomic mass is 10.2. The zero-order valence-electron chi connectivity index (χ0n) is 13.0. The predicted molar refractivity (Wildman–Crippen MR) is 86.8 cm³/mol. The molecule has 3 rings (SSSR count). The molecule has 0 spiro atoms. The molecule has 0 unspecified atom stereocenters. The summed E-state index contributed by atoms with van der Waals surface area (Å²) < 4.78 is 38.4. The first-order chi connectivity index (χ1) is 11.8. The molecule has 0 aliphatic rings. The number of hydrogen-bond acceptors (Lipinski definition) is 3. The Balaban J connectivity index is 2.09. The van der Waals surface area contributed by atoms with E-state index in [4.69, 9.17) is 0 Å². The van der Waals surface area contributed by atoms with Crippen LogP contribution in [0.15, 0.2) is 53.3 Å². The Morgan fingerprint density at radius 1 is 1.12 bits per heavy atom. The van der Waals surface area contributed by atoms with Gasteiger partial charge >= 0.3 is 12.1 Å². The van der Waals surface area contributed by atoms with Gasteiger partial charge in [0.05, 0.1) is 16.6 Å². The normalized spacial score (nSPS) is 11.5. The predicted octanol–water partition coefficient (Wildman–Crippen LogP) is 3.19. The van der Waals surface area contributed by atoms with Crippen LogP contribution in [0.3, 0.4) is 0 Å². The number of carbonyl (C=O) groups excluding carboxylic acids is 1. The number of aromatic nitrogens is 2. The van der Waals surface area contributed by atoms with Crippen LogP contribution < -0.4 is 10.9 Å². The number of aryl methyl sites for hydroxylation is 1. The van der Waals surface area contributed by atoms with Crippen molar-refractivity contribution in [3.8, 4) is 5.69 Å². The van der Waals surface area contributed by atoms with Crippen LogP contribution in [-0.2, 0) is 4.79 Å². The number of nitrogens with one attached hydrogen (secondary N) is 1. The van der Waals surface area contributed by atoms with E-state index in [0.717, 1.165) is 0 Å². The second-order valence-corrected chi connectivity index (χ2v) is 5.32. The number of nitrogens with zero attached hydrogens (tertiary/aromatic N) is 2. The first-order valence-corrected chi connectivity index (χ1v) is 7.24. The highest BCUT2D eigenvalue weighted by Gasteiger charge is 2.38. The van der Waals surface area contributed by atoms with E-state index < -0.39 is 12.1 Å². The third kappa shape index (κ3) is 3.23. The van der Waals surface area contributed by atoms with Crippen LogP contribution in [0, 0.1) is 6.92 Å². The Morgan fingerprint density at radius 3 is 2.56 bits per heavy atom. The molecule has 0 atom stereocenters. The van der Waals surface area contributed by atoms with Crippen molar-refractivity contribution in [3.63, 3.8) is 0 Å². The highest BCUT2D eigenvalue weighted by atomic mass is 19.4. The monoisotopic (exact) mass is 347 g/mol. The lowest BCUT2D eigenvalue weighted by Crippen LogP contribution is -2.30. The van der Waals surface area contributed by atoms with Gasteiger partial charge in [0, 0.05) is 5.69 Å². The molecule has 0 saturated carbocycles. The zero-order valence-corrected chi connectivity index (χ0v) is 13.0. The Labute approximate surface area is 139 Å². The molecule has 3 aromatic rings. The SMILES string of the molecule is Cc1nc2ccccc2c(=O)n1-c1cccc(NC(=O)C(F)(F)F)c1. The molecule has 1 heterocycles. The van der Waals surface area contributed by atoms with E-state index in [-0.39, 0.29) is 11.2 Å². The van der Waals surface area contributed by atoms with Crippen molar-refractivity contribution in [2.24, 2.45) is 0 Å². The molecule has 0 aliphatic carbocycles. The largest absolute Gasteiger partial charge is 0.471 e. The zero-order chi connectivity index (χ0) is 18.2. The fourth-order valence-electron chi connectivity index (χ4n) is 2.47. The van der Waals surface area contributed by atoms with E-state index in [9.17, 15) is 22.8 Å². The molecule has 5 nitrogen and oxygen atoms in total. The number of halogens is 3. The van der Waals surface area contributed by atoms with Gasteiger partial charge in [-0.25, -0.2) is 4.98 Å². The molecule has 1 aromatic heterocycles. The van der Waals surface area contributed by atoms with E-state index in [0.29, 0.717) is 22.4 Å². The second-order valence-electron chi connectivity index (χ2n) is 5.32. The molecule has 0 fully saturated rings. The minimum absolute atomic E-state index is 0.0701. The molecule has 8 heteroatoms. The summed E-state index contributed by atoms with van der Waals surface area (Å²) in [6.07, 6.45) is -4.99. The van der Waals surface area contributed by atoms with Gasteiger partial charge in [-0.3, -0.25) is 14.2 Å². The van der Waals surface area contributed by atoms with Crippen molar-refractivity contribution in [3.05, 3.63) is 64.7 Å².